The molecule has 28 heavy (non-hydrogen) atoms. The fraction of sp³-hybridized carbons (Fsp3) is 0.316. The largest absolute Gasteiger partial charge is 0.490 e. The average Bonchev–Trinajstić information content (AvgIpc) is 2.67. The molecule has 0 fully saturated rings. The van der Waals surface area contributed by atoms with Crippen LogP contribution in [0, 0.1) is 0 Å². The van der Waals surface area contributed by atoms with Crippen molar-refractivity contribution in [1.82, 2.24) is 4.31 Å². The Kier molecular flexibility index (Phi) is 8.12. The smallest absolute Gasteiger partial charge is 0.338 e. The van der Waals surface area contributed by atoms with Crippen molar-refractivity contribution in [1.29, 1.82) is 0 Å². The van der Waals surface area contributed by atoms with Gasteiger partial charge in [0.15, 0.2) is 0 Å². The highest BCUT2D eigenvalue weighted by Gasteiger charge is 2.25. The Hall–Kier alpha value is -1.80. The van der Waals surface area contributed by atoms with Crippen LogP contribution in [-0.2, 0) is 14.8 Å². The summed E-state index contributed by atoms with van der Waals surface area (Å²) < 4.78 is 37.2. The highest BCUT2D eigenvalue weighted by molar-refractivity contribution is 7.89. The molecular formula is C19H21Cl2NO5S. The fourth-order valence-corrected chi connectivity index (χ4v) is 4.52. The molecular weight excluding hydrogens is 425 g/mol. The molecule has 152 valence electrons. The Balaban J connectivity index is 2.02. The number of rotatable bonds is 9. The highest BCUT2D eigenvalue weighted by atomic mass is 35.5. The second-order valence-corrected chi connectivity index (χ2v) is 8.42. The second kappa shape index (κ2) is 10.1. The van der Waals surface area contributed by atoms with Crippen LogP contribution in [0.2, 0.25) is 10.0 Å². The second-order valence-electron chi connectivity index (χ2n) is 5.67. The van der Waals surface area contributed by atoms with Gasteiger partial charge in [-0.2, -0.15) is 4.31 Å². The summed E-state index contributed by atoms with van der Waals surface area (Å²) in [6.45, 7) is 4.20. The Bertz CT molecular complexity index is 912. The molecule has 0 bridgehead atoms. The third kappa shape index (κ3) is 5.61. The SMILES string of the molecule is CCN(CC)S(=O)(=O)c1cc(C(=O)OCCOc2ccc(Cl)cc2)ccc1Cl. The van der Waals surface area contributed by atoms with E-state index in [-0.39, 0.29) is 28.7 Å². The van der Waals surface area contributed by atoms with Crippen LogP contribution in [0.1, 0.15) is 24.2 Å². The number of esters is 1. The monoisotopic (exact) mass is 445 g/mol. The number of carbonyl (C=O) groups is 1. The molecule has 0 aliphatic carbocycles. The quantitative estimate of drug-likeness (QED) is 0.425. The molecule has 0 heterocycles. The number of hydrogen-bond donors (Lipinski definition) is 0. The summed E-state index contributed by atoms with van der Waals surface area (Å²) in [5, 5.41) is 0.645. The Morgan fingerprint density at radius 3 is 2.25 bits per heavy atom. The first kappa shape index (κ1) is 22.5. The number of hydrogen-bond acceptors (Lipinski definition) is 5. The van der Waals surface area contributed by atoms with Crippen molar-refractivity contribution < 1.29 is 22.7 Å². The first-order valence-electron chi connectivity index (χ1n) is 8.64. The van der Waals surface area contributed by atoms with Crippen LogP contribution >= 0.6 is 23.2 Å². The van der Waals surface area contributed by atoms with Crippen molar-refractivity contribution in [3.63, 3.8) is 0 Å². The molecule has 0 N–H and O–H groups in total. The summed E-state index contributed by atoms with van der Waals surface area (Å²) in [5.41, 5.74) is 0.0987. The maximum Gasteiger partial charge on any atom is 0.338 e. The van der Waals surface area contributed by atoms with E-state index < -0.39 is 16.0 Å². The zero-order valence-electron chi connectivity index (χ0n) is 15.5. The van der Waals surface area contributed by atoms with E-state index in [2.05, 4.69) is 0 Å². The van der Waals surface area contributed by atoms with Gasteiger partial charge in [-0.3, -0.25) is 0 Å². The van der Waals surface area contributed by atoms with E-state index in [0.717, 1.165) is 0 Å². The topological polar surface area (TPSA) is 72.9 Å². The van der Waals surface area contributed by atoms with Gasteiger partial charge < -0.3 is 9.47 Å². The molecule has 0 saturated heterocycles. The van der Waals surface area contributed by atoms with Crippen molar-refractivity contribution in [3.8, 4) is 5.75 Å². The third-order valence-electron chi connectivity index (χ3n) is 3.89. The van der Waals surface area contributed by atoms with Crippen molar-refractivity contribution in [2.24, 2.45) is 0 Å². The van der Waals surface area contributed by atoms with E-state index in [9.17, 15) is 13.2 Å². The standard InChI is InChI=1S/C19H21Cl2NO5S/c1-3-22(4-2)28(24,25)18-13-14(5-10-17(18)21)19(23)27-12-11-26-16-8-6-15(20)7-9-16/h5-10,13H,3-4,11-12H2,1-2H3. The fourth-order valence-electron chi connectivity index (χ4n) is 2.44. The highest BCUT2D eigenvalue weighted by Crippen LogP contribution is 2.26. The minimum absolute atomic E-state index is 0.00220. The third-order valence-corrected chi connectivity index (χ3v) is 6.67. The average molecular weight is 446 g/mol. The van der Waals surface area contributed by atoms with E-state index in [1.165, 1.54) is 22.5 Å². The van der Waals surface area contributed by atoms with Crippen molar-refractivity contribution >= 4 is 39.2 Å². The minimum Gasteiger partial charge on any atom is -0.490 e. The van der Waals surface area contributed by atoms with Crippen molar-refractivity contribution in [2.75, 3.05) is 26.3 Å². The number of benzene rings is 2. The van der Waals surface area contributed by atoms with E-state index in [1.807, 2.05) is 0 Å². The van der Waals surface area contributed by atoms with Crippen molar-refractivity contribution in [2.45, 2.75) is 18.7 Å². The van der Waals surface area contributed by atoms with Crippen LogP contribution in [0.15, 0.2) is 47.4 Å². The summed E-state index contributed by atoms with van der Waals surface area (Å²) in [6.07, 6.45) is 0. The van der Waals surface area contributed by atoms with Crippen LogP contribution < -0.4 is 4.74 Å². The van der Waals surface area contributed by atoms with Gasteiger partial charge in [0.25, 0.3) is 0 Å². The van der Waals surface area contributed by atoms with Crippen LogP contribution in [0.3, 0.4) is 0 Å². The lowest BCUT2D eigenvalue weighted by Gasteiger charge is -2.19. The van der Waals surface area contributed by atoms with Gasteiger partial charge in [-0.05, 0) is 42.5 Å². The zero-order chi connectivity index (χ0) is 20.7. The number of halogens is 2. The Morgan fingerprint density at radius 1 is 1.00 bits per heavy atom. The first-order chi connectivity index (χ1) is 13.3. The number of ether oxygens (including phenoxy) is 2. The van der Waals surface area contributed by atoms with Gasteiger partial charge in [-0.1, -0.05) is 37.0 Å². The maximum atomic E-state index is 12.7. The van der Waals surface area contributed by atoms with E-state index in [4.69, 9.17) is 32.7 Å². The molecule has 0 saturated carbocycles. The summed E-state index contributed by atoms with van der Waals surface area (Å²) in [6, 6.07) is 10.8. The molecule has 2 aromatic carbocycles. The van der Waals surface area contributed by atoms with Gasteiger partial charge >= 0.3 is 5.97 Å². The van der Waals surface area contributed by atoms with Crippen LogP contribution in [0.25, 0.3) is 0 Å². The molecule has 0 aliphatic rings. The van der Waals surface area contributed by atoms with E-state index >= 15 is 0 Å². The molecule has 0 spiro atoms. The normalized spacial score (nSPS) is 11.5. The lowest BCUT2D eigenvalue weighted by molar-refractivity contribution is 0.0450. The van der Waals surface area contributed by atoms with Crippen LogP contribution in [-0.4, -0.2) is 45.0 Å². The van der Waals surface area contributed by atoms with Gasteiger partial charge in [0.05, 0.1) is 10.6 Å². The lowest BCUT2D eigenvalue weighted by Crippen LogP contribution is -2.31. The molecule has 0 aromatic heterocycles. The summed E-state index contributed by atoms with van der Waals surface area (Å²) >= 11 is 11.9. The Morgan fingerprint density at radius 2 is 1.64 bits per heavy atom. The first-order valence-corrected chi connectivity index (χ1v) is 10.8. The molecule has 9 heteroatoms. The molecule has 6 nitrogen and oxygen atoms in total. The number of carbonyl (C=O) groups excluding carboxylic acids is 1. The van der Waals surface area contributed by atoms with E-state index in [0.29, 0.717) is 23.9 Å². The molecule has 0 amide bonds. The van der Waals surface area contributed by atoms with Crippen molar-refractivity contribution in [3.05, 3.63) is 58.1 Å². The predicted molar refractivity (Wildman–Crippen MR) is 109 cm³/mol. The van der Waals surface area contributed by atoms with Crippen LogP contribution in [0.5, 0.6) is 5.75 Å². The number of sulfonamides is 1. The maximum absolute atomic E-state index is 12.7. The predicted octanol–water partition coefficient (Wildman–Crippen LogP) is 4.26. The van der Waals surface area contributed by atoms with Gasteiger partial charge in [-0.25, -0.2) is 13.2 Å². The molecule has 0 atom stereocenters. The Labute approximate surface area is 175 Å². The van der Waals surface area contributed by atoms with Gasteiger partial charge in [-0.15, -0.1) is 0 Å². The molecule has 0 radical (unpaired) electrons. The van der Waals surface area contributed by atoms with E-state index in [1.54, 1.807) is 38.1 Å². The molecule has 0 aliphatic heterocycles. The molecule has 0 unspecified atom stereocenters. The lowest BCUT2D eigenvalue weighted by atomic mass is 10.2. The molecule has 2 rings (SSSR count). The summed E-state index contributed by atoms with van der Waals surface area (Å²) in [7, 11) is -3.79. The van der Waals surface area contributed by atoms with Gasteiger partial charge in [0, 0.05) is 18.1 Å². The molecule has 2 aromatic rings. The van der Waals surface area contributed by atoms with Gasteiger partial charge in [0.2, 0.25) is 10.0 Å². The summed E-state index contributed by atoms with van der Waals surface area (Å²) in [5.74, 6) is -0.0630. The number of nitrogens with zero attached hydrogens (tertiary/aromatic N) is 1. The van der Waals surface area contributed by atoms with Crippen LogP contribution in [0.4, 0.5) is 0 Å². The zero-order valence-corrected chi connectivity index (χ0v) is 17.9. The van der Waals surface area contributed by atoms with Gasteiger partial charge in [0.1, 0.15) is 23.9 Å². The summed E-state index contributed by atoms with van der Waals surface area (Å²) in [4.78, 5) is 12.1. The minimum atomic E-state index is -3.79.